The number of carbonyl (C=O) groups is 1. The van der Waals surface area contributed by atoms with Crippen molar-refractivity contribution >= 4 is 6.09 Å². The highest BCUT2D eigenvalue weighted by Gasteiger charge is 2.36. The van der Waals surface area contributed by atoms with E-state index in [1.54, 1.807) is 4.90 Å². The second kappa shape index (κ2) is 7.75. The van der Waals surface area contributed by atoms with E-state index in [0.29, 0.717) is 18.3 Å². The minimum absolute atomic E-state index is 0.124. The van der Waals surface area contributed by atoms with E-state index in [1.807, 2.05) is 20.8 Å². The molecule has 0 radical (unpaired) electrons. The SMILES string of the molecule is CC(C)(C)OC(=O)N1CCC[C@H]1c1noc(C2CCCCCCC2)n1. The van der Waals surface area contributed by atoms with Crippen molar-refractivity contribution in [3.8, 4) is 0 Å². The number of amides is 1. The first-order chi connectivity index (χ1) is 11.9. The number of carbonyl (C=O) groups excluding carboxylic acids is 1. The highest BCUT2D eigenvalue weighted by Crippen LogP contribution is 2.34. The minimum atomic E-state index is -0.495. The molecule has 140 valence electrons. The van der Waals surface area contributed by atoms with Gasteiger partial charge < -0.3 is 9.26 Å². The number of likely N-dealkylation sites (tertiary alicyclic amines) is 1. The van der Waals surface area contributed by atoms with Crippen LogP contribution in [0.4, 0.5) is 4.79 Å². The average molecular weight is 349 g/mol. The summed E-state index contributed by atoms with van der Waals surface area (Å²) in [5, 5.41) is 4.22. The van der Waals surface area contributed by atoms with Crippen LogP contribution < -0.4 is 0 Å². The molecule has 1 aromatic heterocycles. The number of ether oxygens (including phenoxy) is 1. The smallest absolute Gasteiger partial charge is 0.410 e. The molecule has 6 heteroatoms. The van der Waals surface area contributed by atoms with Crippen LogP contribution in [0.15, 0.2) is 4.52 Å². The second-order valence-corrected chi connectivity index (χ2v) is 8.36. The first-order valence-corrected chi connectivity index (χ1v) is 9.77. The van der Waals surface area contributed by atoms with Gasteiger partial charge in [0.25, 0.3) is 0 Å². The maximum absolute atomic E-state index is 12.5. The van der Waals surface area contributed by atoms with E-state index in [4.69, 9.17) is 14.2 Å². The quantitative estimate of drug-likeness (QED) is 0.754. The summed E-state index contributed by atoms with van der Waals surface area (Å²) in [7, 11) is 0. The Hall–Kier alpha value is -1.59. The van der Waals surface area contributed by atoms with E-state index in [-0.39, 0.29) is 12.1 Å². The lowest BCUT2D eigenvalue weighted by Gasteiger charge is -2.27. The molecule has 1 saturated heterocycles. The fourth-order valence-electron chi connectivity index (χ4n) is 3.83. The maximum atomic E-state index is 12.5. The highest BCUT2D eigenvalue weighted by molar-refractivity contribution is 5.69. The molecule has 2 aliphatic rings. The Morgan fingerprint density at radius 1 is 1.08 bits per heavy atom. The lowest BCUT2D eigenvalue weighted by atomic mass is 9.91. The van der Waals surface area contributed by atoms with E-state index in [1.165, 1.54) is 32.1 Å². The molecule has 0 aromatic carbocycles. The number of aromatic nitrogens is 2. The van der Waals surface area contributed by atoms with Crippen LogP contribution in [0, 0.1) is 0 Å². The molecule has 0 N–H and O–H groups in total. The summed E-state index contributed by atoms with van der Waals surface area (Å²) in [4.78, 5) is 18.9. The summed E-state index contributed by atoms with van der Waals surface area (Å²) >= 11 is 0. The van der Waals surface area contributed by atoms with Gasteiger partial charge in [-0.25, -0.2) is 4.79 Å². The third-order valence-electron chi connectivity index (χ3n) is 5.09. The van der Waals surface area contributed by atoms with Crippen LogP contribution in [0.1, 0.15) is 102 Å². The van der Waals surface area contributed by atoms with Gasteiger partial charge in [0.15, 0.2) is 5.82 Å². The van der Waals surface area contributed by atoms with Gasteiger partial charge in [-0.1, -0.05) is 37.3 Å². The Kier molecular flexibility index (Phi) is 5.64. The first kappa shape index (κ1) is 18.2. The molecule has 1 aromatic rings. The van der Waals surface area contributed by atoms with E-state index in [0.717, 1.165) is 31.6 Å². The summed E-state index contributed by atoms with van der Waals surface area (Å²) in [6, 6.07) is -0.124. The summed E-state index contributed by atoms with van der Waals surface area (Å²) in [5.41, 5.74) is -0.495. The van der Waals surface area contributed by atoms with Crippen LogP contribution in [0.25, 0.3) is 0 Å². The van der Waals surface area contributed by atoms with Crippen molar-refractivity contribution in [1.82, 2.24) is 15.0 Å². The van der Waals surface area contributed by atoms with Crippen molar-refractivity contribution in [3.63, 3.8) is 0 Å². The Balaban J connectivity index is 1.68. The lowest BCUT2D eigenvalue weighted by Crippen LogP contribution is -2.36. The van der Waals surface area contributed by atoms with Crippen LogP contribution in [0.2, 0.25) is 0 Å². The molecule has 0 spiro atoms. The zero-order chi connectivity index (χ0) is 17.9. The van der Waals surface area contributed by atoms with Crippen LogP contribution in [-0.4, -0.2) is 33.3 Å². The summed E-state index contributed by atoms with van der Waals surface area (Å²) in [5.74, 6) is 1.77. The van der Waals surface area contributed by atoms with E-state index in [9.17, 15) is 4.79 Å². The zero-order valence-electron chi connectivity index (χ0n) is 15.8. The molecule has 2 heterocycles. The van der Waals surface area contributed by atoms with Crippen LogP contribution in [0.5, 0.6) is 0 Å². The van der Waals surface area contributed by atoms with Crippen LogP contribution >= 0.6 is 0 Å². The van der Waals surface area contributed by atoms with E-state index >= 15 is 0 Å². The van der Waals surface area contributed by atoms with Gasteiger partial charge in [-0.05, 0) is 46.5 Å². The largest absolute Gasteiger partial charge is 0.444 e. The molecule has 3 rings (SSSR count). The van der Waals surface area contributed by atoms with Crippen LogP contribution in [-0.2, 0) is 4.74 Å². The molecule has 0 unspecified atom stereocenters. The van der Waals surface area contributed by atoms with Gasteiger partial charge in [-0.3, -0.25) is 4.90 Å². The molecule has 1 amide bonds. The van der Waals surface area contributed by atoms with Crippen molar-refractivity contribution in [3.05, 3.63) is 11.7 Å². The van der Waals surface area contributed by atoms with Gasteiger partial charge in [-0.15, -0.1) is 0 Å². The lowest BCUT2D eigenvalue weighted by molar-refractivity contribution is 0.0217. The Morgan fingerprint density at radius 2 is 1.76 bits per heavy atom. The number of nitrogens with zero attached hydrogens (tertiary/aromatic N) is 3. The standard InChI is InChI=1S/C19H31N3O3/c1-19(2,3)24-18(23)22-13-9-12-15(22)16-20-17(25-21-16)14-10-7-5-4-6-8-11-14/h14-15H,4-13H2,1-3H3/t15-/m0/s1. The zero-order valence-corrected chi connectivity index (χ0v) is 15.8. The van der Waals surface area contributed by atoms with Gasteiger partial charge in [0.2, 0.25) is 5.89 Å². The van der Waals surface area contributed by atoms with Crippen molar-refractivity contribution in [2.45, 2.75) is 96.1 Å². The number of rotatable bonds is 2. The van der Waals surface area contributed by atoms with Gasteiger partial charge in [-0.2, -0.15) is 4.98 Å². The number of hydrogen-bond donors (Lipinski definition) is 0. The summed E-state index contributed by atoms with van der Waals surface area (Å²) in [6.07, 6.45) is 10.2. The van der Waals surface area contributed by atoms with Crippen molar-refractivity contribution < 1.29 is 14.1 Å². The fourth-order valence-corrected chi connectivity index (χ4v) is 3.83. The van der Waals surface area contributed by atoms with Gasteiger partial charge in [0.1, 0.15) is 5.60 Å². The molecule has 2 fully saturated rings. The van der Waals surface area contributed by atoms with E-state index < -0.39 is 5.60 Å². The molecule has 1 atom stereocenters. The molecular formula is C19H31N3O3. The summed E-state index contributed by atoms with van der Waals surface area (Å²) in [6.45, 7) is 6.35. The topological polar surface area (TPSA) is 68.5 Å². The van der Waals surface area contributed by atoms with E-state index in [2.05, 4.69) is 5.16 Å². The van der Waals surface area contributed by atoms with Crippen LogP contribution in [0.3, 0.4) is 0 Å². The molecular weight excluding hydrogens is 318 g/mol. The van der Waals surface area contributed by atoms with Crippen molar-refractivity contribution in [2.75, 3.05) is 6.54 Å². The Labute approximate surface area is 150 Å². The molecule has 1 aliphatic heterocycles. The molecule has 1 saturated carbocycles. The third-order valence-corrected chi connectivity index (χ3v) is 5.09. The fraction of sp³-hybridized carbons (Fsp3) is 0.842. The summed E-state index contributed by atoms with van der Waals surface area (Å²) < 4.78 is 11.1. The molecule has 6 nitrogen and oxygen atoms in total. The van der Waals surface area contributed by atoms with Crippen molar-refractivity contribution in [1.29, 1.82) is 0 Å². The average Bonchev–Trinajstić information content (AvgIpc) is 3.13. The number of hydrogen-bond acceptors (Lipinski definition) is 5. The molecule has 0 bridgehead atoms. The Morgan fingerprint density at radius 3 is 2.44 bits per heavy atom. The minimum Gasteiger partial charge on any atom is -0.444 e. The normalized spacial score (nSPS) is 23.3. The van der Waals surface area contributed by atoms with Gasteiger partial charge in [0, 0.05) is 12.5 Å². The highest BCUT2D eigenvalue weighted by atomic mass is 16.6. The predicted molar refractivity (Wildman–Crippen MR) is 94.3 cm³/mol. The second-order valence-electron chi connectivity index (χ2n) is 8.36. The molecule has 1 aliphatic carbocycles. The van der Waals surface area contributed by atoms with Crippen molar-refractivity contribution in [2.24, 2.45) is 0 Å². The predicted octanol–water partition coefficient (Wildman–Crippen LogP) is 4.97. The maximum Gasteiger partial charge on any atom is 0.410 e. The third kappa shape index (κ3) is 4.73. The Bertz CT molecular complexity index is 571. The van der Waals surface area contributed by atoms with Gasteiger partial charge in [0.05, 0.1) is 6.04 Å². The first-order valence-electron chi connectivity index (χ1n) is 9.77. The monoisotopic (exact) mass is 349 g/mol. The molecule has 25 heavy (non-hydrogen) atoms. The van der Waals surface area contributed by atoms with Gasteiger partial charge >= 0.3 is 6.09 Å².